The first-order valence-corrected chi connectivity index (χ1v) is 11.5. The highest BCUT2D eigenvalue weighted by atomic mass is 16.5. The molecule has 0 radical (unpaired) electrons. The van der Waals surface area contributed by atoms with Crippen molar-refractivity contribution in [3.8, 4) is 17.1 Å². The van der Waals surface area contributed by atoms with Crippen molar-refractivity contribution in [2.45, 2.75) is 19.4 Å². The van der Waals surface area contributed by atoms with Crippen molar-refractivity contribution in [2.24, 2.45) is 0 Å². The minimum Gasteiger partial charge on any atom is -0.496 e. The van der Waals surface area contributed by atoms with Gasteiger partial charge in [0.2, 0.25) is 0 Å². The van der Waals surface area contributed by atoms with E-state index in [4.69, 9.17) is 9.15 Å². The second kappa shape index (κ2) is 10.6. The SMILES string of the molecule is COc1cc(NC(=O)C(=O)NC(C)(C)CN2CCN(C(=O)c3cn[nH]c3)CC2)ccc1-c1cnco1. The molecule has 36 heavy (non-hydrogen) atoms. The van der Waals surface area contributed by atoms with Gasteiger partial charge in [0.15, 0.2) is 12.2 Å². The van der Waals surface area contributed by atoms with Gasteiger partial charge in [0, 0.05) is 56.2 Å². The number of anilines is 1. The van der Waals surface area contributed by atoms with Gasteiger partial charge in [0.1, 0.15) is 5.75 Å². The number of methoxy groups -OCH3 is 1. The van der Waals surface area contributed by atoms with E-state index in [0.29, 0.717) is 61.0 Å². The molecular formula is C24H29N7O5. The van der Waals surface area contributed by atoms with Crippen LogP contribution in [0.3, 0.4) is 0 Å². The summed E-state index contributed by atoms with van der Waals surface area (Å²) >= 11 is 0. The van der Waals surface area contributed by atoms with Gasteiger partial charge in [-0.25, -0.2) is 4.98 Å². The minimum absolute atomic E-state index is 0.0573. The summed E-state index contributed by atoms with van der Waals surface area (Å²) in [4.78, 5) is 45.5. The number of H-pyrrole nitrogens is 1. The zero-order chi connectivity index (χ0) is 25.7. The first-order chi connectivity index (χ1) is 17.3. The van der Waals surface area contributed by atoms with Crippen molar-refractivity contribution < 1.29 is 23.5 Å². The number of hydrogen-bond donors (Lipinski definition) is 3. The van der Waals surface area contributed by atoms with Crippen molar-refractivity contribution in [1.29, 1.82) is 0 Å². The molecule has 0 spiro atoms. The lowest BCUT2D eigenvalue weighted by Crippen LogP contribution is -2.57. The molecule has 190 valence electrons. The molecule has 3 heterocycles. The number of carbonyl (C=O) groups excluding carboxylic acids is 3. The van der Waals surface area contributed by atoms with Crippen molar-refractivity contribution in [3.63, 3.8) is 0 Å². The van der Waals surface area contributed by atoms with Gasteiger partial charge in [0.05, 0.1) is 30.6 Å². The highest BCUT2D eigenvalue weighted by Gasteiger charge is 2.30. The van der Waals surface area contributed by atoms with Gasteiger partial charge in [-0.2, -0.15) is 5.10 Å². The van der Waals surface area contributed by atoms with Crippen LogP contribution in [0.1, 0.15) is 24.2 Å². The monoisotopic (exact) mass is 495 g/mol. The predicted octanol–water partition coefficient (Wildman–Crippen LogP) is 1.36. The fourth-order valence-electron chi connectivity index (χ4n) is 4.13. The lowest BCUT2D eigenvalue weighted by Gasteiger charge is -2.39. The van der Waals surface area contributed by atoms with Gasteiger partial charge >= 0.3 is 11.8 Å². The minimum atomic E-state index is -0.784. The van der Waals surface area contributed by atoms with Gasteiger partial charge in [-0.3, -0.25) is 24.4 Å². The van der Waals surface area contributed by atoms with E-state index in [2.05, 4.69) is 30.7 Å². The molecule has 3 amide bonds. The first-order valence-electron chi connectivity index (χ1n) is 11.5. The van der Waals surface area contributed by atoms with Gasteiger partial charge in [-0.15, -0.1) is 0 Å². The Hall–Kier alpha value is -4.19. The summed E-state index contributed by atoms with van der Waals surface area (Å²) in [6.07, 6.45) is 5.97. The van der Waals surface area contributed by atoms with Crippen LogP contribution in [-0.2, 0) is 9.59 Å². The molecule has 0 saturated carbocycles. The van der Waals surface area contributed by atoms with E-state index in [-0.39, 0.29) is 5.91 Å². The number of piperazine rings is 1. The smallest absolute Gasteiger partial charge is 0.313 e. The van der Waals surface area contributed by atoms with Crippen molar-refractivity contribution in [3.05, 3.63) is 48.7 Å². The van der Waals surface area contributed by atoms with Gasteiger partial charge in [-0.1, -0.05) is 0 Å². The summed E-state index contributed by atoms with van der Waals surface area (Å²) < 4.78 is 10.7. The average molecular weight is 496 g/mol. The lowest BCUT2D eigenvalue weighted by atomic mass is 10.0. The summed E-state index contributed by atoms with van der Waals surface area (Å²) in [7, 11) is 1.50. The zero-order valence-corrected chi connectivity index (χ0v) is 20.4. The number of ether oxygens (including phenoxy) is 1. The Morgan fingerprint density at radius 1 is 1.14 bits per heavy atom. The van der Waals surface area contributed by atoms with E-state index in [1.807, 2.05) is 13.8 Å². The number of aromatic amines is 1. The second-order valence-electron chi connectivity index (χ2n) is 9.13. The van der Waals surface area contributed by atoms with Crippen LogP contribution < -0.4 is 15.4 Å². The molecule has 4 rings (SSSR count). The van der Waals surface area contributed by atoms with E-state index in [1.165, 1.54) is 19.7 Å². The third-order valence-corrected chi connectivity index (χ3v) is 5.84. The lowest BCUT2D eigenvalue weighted by molar-refractivity contribution is -0.137. The predicted molar refractivity (Wildman–Crippen MR) is 130 cm³/mol. The van der Waals surface area contributed by atoms with Crippen LogP contribution in [0, 0.1) is 0 Å². The molecule has 0 unspecified atom stereocenters. The first kappa shape index (κ1) is 24.9. The normalized spacial score (nSPS) is 14.4. The second-order valence-corrected chi connectivity index (χ2v) is 9.13. The Balaban J connectivity index is 1.28. The third kappa shape index (κ3) is 5.89. The van der Waals surface area contributed by atoms with Gasteiger partial charge in [0.25, 0.3) is 5.91 Å². The summed E-state index contributed by atoms with van der Waals surface area (Å²) in [6.45, 7) is 6.70. The number of oxazole rings is 1. The maximum Gasteiger partial charge on any atom is 0.313 e. The standard InChI is InChI=1S/C24H29N7O5/c1-24(2,14-30-6-8-31(9-7-30)23(34)16-11-26-27-12-16)29-22(33)21(32)28-17-4-5-18(19(10-17)35-3)20-13-25-15-36-20/h4-5,10-13,15H,6-9,14H2,1-3H3,(H,26,27)(H,28,32)(H,29,33). The molecule has 1 saturated heterocycles. The molecule has 12 heteroatoms. The Kier molecular flexibility index (Phi) is 7.34. The van der Waals surface area contributed by atoms with Gasteiger partial charge in [-0.05, 0) is 26.0 Å². The maximum absolute atomic E-state index is 12.6. The van der Waals surface area contributed by atoms with Crippen molar-refractivity contribution >= 4 is 23.4 Å². The van der Waals surface area contributed by atoms with E-state index in [0.717, 1.165) is 0 Å². The fraction of sp³-hybridized carbons (Fsp3) is 0.375. The number of hydrogen-bond acceptors (Lipinski definition) is 8. The molecule has 1 aliphatic rings. The number of benzene rings is 1. The Labute approximate surface area is 208 Å². The molecular weight excluding hydrogens is 466 g/mol. The molecule has 2 aromatic heterocycles. The Morgan fingerprint density at radius 3 is 2.56 bits per heavy atom. The fourth-order valence-corrected chi connectivity index (χ4v) is 4.13. The number of carbonyl (C=O) groups is 3. The molecule has 0 atom stereocenters. The molecule has 1 fully saturated rings. The average Bonchev–Trinajstić information content (AvgIpc) is 3.58. The maximum atomic E-state index is 12.6. The van der Waals surface area contributed by atoms with Crippen molar-refractivity contribution in [2.75, 3.05) is 45.2 Å². The van der Waals surface area contributed by atoms with Crippen LogP contribution in [0.4, 0.5) is 5.69 Å². The van der Waals surface area contributed by atoms with Crippen LogP contribution in [0.5, 0.6) is 5.75 Å². The third-order valence-electron chi connectivity index (χ3n) is 5.84. The summed E-state index contributed by atoms with van der Waals surface area (Å²) in [6, 6.07) is 4.98. The van der Waals surface area contributed by atoms with Crippen LogP contribution >= 0.6 is 0 Å². The Morgan fingerprint density at radius 2 is 1.92 bits per heavy atom. The molecule has 3 aromatic rings. The summed E-state index contributed by atoms with van der Waals surface area (Å²) in [5.74, 6) is -0.593. The molecule has 1 aliphatic heterocycles. The highest BCUT2D eigenvalue weighted by Crippen LogP contribution is 2.32. The number of aromatic nitrogens is 3. The summed E-state index contributed by atoms with van der Waals surface area (Å²) in [5, 5.41) is 11.9. The van der Waals surface area contributed by atoms with Crippen LogP contribution in [0.25, 0.3) is 11.3 Å². The van der Waals surface area contributed by atoms with E-state index in [1.54, 1.807) is 35.5 Å². The zero-order valence-electron chi connectivity index (χ0n) is 20.4. The highest BCUT2D eigenvalue weighted by molar-refractivity contribution is 6.39. The number of amides is 3. The van der Waals surface area contributed by atoms with Gasteiger partial charge < -0.3 is 24.7 Å². The molecule has 12 nitrogen and oxygen atoms in total. The number of nitrogens with one attached hydrogen (secondary N) is 3. The number of nitrogens with zero attached hydrogens (tertiary/aromatic N) is 4. The molecule has 3 N–H and O–H groups in total. The van der Waals surface area contributed by atoms with E-state index in [9.17, 15) is 14.4 Å². The van der Waals surface area contributed by atoms with E-state index < -0.39 is 17.4 Å². The van der Waals surface area contributed by atoms with Crippen molar-refractivity contribution in [1.82, 2.24) is 30.3 Å². The summed E-state index contributed by atoms with van der Waals surface area (Å²) in [5.41, 5.74) is 0.947. The topological polar surface area (TPSA) is 146 Å². The van der Waals surface area contributed by atoms with Crippen LogP contribution in [0.2, 0.25) is 0 Å². The van der Waals surface area contributed by atoms with Crippen LogP contribution in [0.15, 0.2) is 47.6 Å². The Bertz CT molecular complexity index is 1200. The molecule has 0 bridgehead atoms. The number of rotatable bonds is 7. The van der Waals surface area contributed by atoms with E-state index >= 15 is 0 Å². The molecule has 0 aliphatic carbocycles. The van der Waals surface area contributed by atoms with Crippen LogP contribution in [-0.4, -0.2) is 88.1 Å². The largest absolute Gasteiger partial charge is 0.496 e. The molecule has 1 aromatic carbocycles. The quantitative estimate of drug-likeness (QED) is 0.417.